The molecule has 0 aliphatic carbocycles. The van der Waals surface area contributed by atoms with Crippen LogP contribution in [0.5, 0.6) is 0 Å². The standard InChI is InChI=1S/C27H27N5O/c33-25(31-24-20-30-32-19-18-28-26(24)32)16-17-29-27(21-10-4-1-5-11-21,22-12-6-2-7-13-22)23-14-8-3-9-15-23/h1-15,20,28-29H,16-19H2,(H,31,33). The zero-order valence-corrected chi connectivity index (χ0v) is 18.4. The molecule has 6 heteroatoms. The van der Waals surface area contributed by atoms with Gasteiger partial charge in [-0.3, -0.25) is 10.1 Å². The van der Waals surface area contributed by atoms with Crippen LogP contribution >= 0.6 is 0 Å². The van der Waals surface area contributed by atoms with E-state index in [4.69, 9.17) is 0 Å². The van der Waals surface area contributed by atoms with Gasteiger partial charge in [-0.2, -0.15) is 5.10 Å². The Morgan fingerprint density at radius 1 is 0.879 bits per heavy atom. The lowest BCUT2D eigenvalue weighted by Gasteiger charge is -2.37. The van der Waals surface area contributed by atoms with Gasteiger partial charge in [0.1, 0.15) is 11.5 Å². The first-order valence-corrected chi connectivity index (χ1v) is 11.3. The molecule has 0 saturated heterocycles. The number of rotatable bonds is 8. The van der Waals surface area contributed by atoms with Gasteiger partial charge in [0, 0.05) is 19.5 Å². The van der Waals surface area contributed by atoms with Gasteiger partial charge in [-0.05, 0) is 16.7 Å². The van der Waals surface area contributed by atoms with Gasteiger partial charge >= 0.3 is 0 Å². The number of anilines is 2. The highest BCUT2D eigenvalue weighted by Crippen LogP contribution is 2.36. The molecule has 0 saturated carbocycles. The highest BCUT2D eigenvalue weighted by atomic mass is 16.1. The Morgan fingerprint density at radius 3 is 1.97 bits per heavy atom. The van der Waals surface area contributed by atoms with E-state index in [1.54, 1.807) is 6.20 Å². The van der Waals surface area contributed by atoms with E-state index in [9.17, 15) is 4.79 Å². The molecule has 0 radical (unpaired) electrons. The Balaban J connectivity index is 1.42. The minimum Gasteiger partial charge on any atom is -0.367 e. The summed E-state index contributed by atoms with van der Waals surface area (Å²) >= 11 is 0. The molecule has 6 nitrogen and oxygen atoms in total. The zero-order chi connectivity index (χ0) is 22.5. The fourth-order valence-electron chi connectivity index (χ4n) is 4.56. The number of aromatic nitrogens is 2. The van der Waals surface area contributed by atoms with Crippen LogP contribution in [-0.4, -0.2) is 28.8 Å². The van der Waals surface area contributed by atoms with E-state index < -0.39 is 5.54 Å². The Hall–Kier alpha value is -3.90. The predicted molar refractivity (Wildman–Crippen MR) is 131 cm³/mol. The molecule has 3 N–H and O–H groups in total. The van der Waals surface area contributed by atoms with Crippen LogP contribution in [0.2, 0.25) is 0 Å². The third-order valence-electron chi connectivity index (χ3n) is 6.09. The van der Waals surface area contributed by atoms with Gasteiger partial charge in [0.05, 0.1) is 18.3 Å². The fraction of sp³-hybridized carbons (Fsp3) is 0.185. The largest absolute Gasteiger partial charge is 0.367 e. The van der Waals surface area contributed by atoms with Crippen molar-refractivity contribution in [3.05, 3.63) is 114 Å². The zero-order valence-electron chi connectivity index (χ0n) is 18.4. The quantitative estimate of drug-likeness (QED) is 0.361. The van der Waals surface area contributed by atoms with Gasteiger partial charge in [0.25, 0.3) is 0 Å². The molecule has 1 amide bonds. The van der Waals surface area contributed by atoms with Crippen molar-refractivity contribution in [3.8, 4) is 0 Å². The minimum atomic E-state index is -0.579. The molecule has 5 rings (SSSR count). The summed E-state index contributed by atoms with van der Waals surface area (Å²) in [7, 11) is 0. The number of carbonyl (C=O) groups is 1. The first-order chi connectivity index (χ1) is 16.3. The molecule has 1 aliphatic rings. The van der Waals surface area contributed by atoms with E-state index in [0.717, 1.165) is 41.3 Å². The number of fused-ring (bicyclic) bond motifs is 1. The second-order valence-electron chi connectivity index (χ2n) is 8.13. The SMILES string of the molecule is O=C(CCNC(c1ccccc1)(c1ccccc1)c1ccccc1)Nc1cnn2c1NCC2. The summed E-state index contributed by atoms with van der Waals surface area (Å²) < 4.78 is 1.87. The Morgan fingerprint density at radius 2 is 1.42 bits per heavy atom. The summed E-state index contributed by atoms with van der Waals surface area (Å²) in [6.07, 6.45) is 2.04. The fourth-order valence-corrected chi connectivity index (χ4v) is 4.56. The summed E-state index contributed by atoms with van der Waals surface area (Å²) in [5, 5.41) is 14.3. The summed E-state index contributed by atoms with van der Waals surface area (Å²) in [6.45, 7) is 2.16. The molecular weight excluding hydrogens is 410 g/mol. The minimum absolute atomic E-state index is 0.0462. The summed E-state index contributed by atoms with van der Waals surface area (Å²) in [5.74, 6) is 0.832. The number of hydrogen-bond donors (Lipinski definition) is 3. The Kier molecular flexibility index (Phi) is 5.91. The van der Waals surface area contributed by atoms with E-state index in [0.29, 0.717) is 13.0 Å². The van der Waals surface area contributed by atoms with E-state index in [1.807, 2.05) is 22.9 Å². The van der Waals surface area contributed by atoms with Crippen molar-refractivity contribution >= 4 is 17.4 Å². The van der Waals surface area contributed by atoms with Gasteiger partial charge in [0.2, 0.25) is 5.91 Å². The van der Waals surface area contributed by atoms with E-state index in [2.05, 4.69) is 93.8 Å². The van der Waals surface area contributed by atoms with Crippen LogP contribution in [0, 0.1) is 0 Å². The number of nitrogens with zero attached hydrogens (tertiary/aromatic N) is 2. The molecule has 0 atom stereocenters. The van der Waals surface area contributed by atoms with Crippen molar-refractivity contribution in [2.75, 3.05) is 23.7 Å². The van der Waals surface area contributed by atoms with Gasteiger partial charge in [-0.15, -0.1) is 0 Å². The lowest BCUT2D eigenvalue weighted by molar-refractivity contribution is -0.116. The van der Waals surface area contributed by atoms with Crippen LogP contribution < -0.4 is 16.0 Å². The molecule has 3 aromatic carbocycles. The maximum absolute atomic E-state index is 12.8. The molecule has 166 valence electrons. The average molecular weight is 438 g/mol. The van der Waals surface area contributed by atoms with Crippen molar-refractivity contribution in [1.82, 2.24) is 15.1 Å². The van der Waals surface area contributed by atoms with Crippen LogP contribution in [-0.2, 0) is 16.9 Å². The topological polar surface area (TPSA) is 71.0 Å². The molecule has 1 aliphatic heterocycles. The number of nitrogens with one attached hydrogen (secondary N) is 3. The Labute approximate surface area is 193 Å². The number of carbonyl (C=O) groups excluding carboxylic acids is 1. The van der Waals surface area contributed by atoms with Gasteiger partial charge in [0.15, 0.2) is 0 Å². The first-order valence-electron chi connectivity index (χ1n) is 11.3. The molecule has 2 heterocycles. The van der Waals surface area contributed by atoms with Gasteiger partial charge in [-0.25, -0.2) is 4.68 Å². The predicted octanol–water partition coefficient (Wildman–Crippen LogP) is 4.22. The summed E-state index contributed by atoms with van der Waals surface area (Å²) in [6, 6.07) is 31.2. The second-order valence-corrected chi connectivity index (χ2v) is 8.13. The highest BCUT2D eigenvalue weighted by molar-refractivity contribution is 5.93. The molecule has 1 aromatic heterocycles. The summed E-state index contributed by atoms with van der Waals surface area (Å²) in [4.78, 5) is 12.8. The van der Waals surface area contributed by atoms with E-state index in [-0.39, 0.29) is 5.91 Å². The van der Waals surface area contributed by atoms with Crippen LogP contribution in [0.25, 0.3) is 0 Å². The smallest absolute Gasteiger partial charge is 0.225 e. The second kappa shape index (κ2) is 9.30. The average Bonchev–Trinajstić information content (AvgIpc) is 3.49. The first kappa shape index (κ1) is 21.0. The lowest BCUT2D eigenvalue weighted by Crippen LogP contribution is -2.45. The van der Waals surface area contributed by atoms with Crippen molar-refractivity contribution < 1.29 is 4.79 Å². The maximum atomic E-state index is 12.8. The van der Waals surface area contributed by atoms with Crippen LogP contribution in [0.3, 0.4) is 0 Å². The number of benzene rings is 3. The molecule has 4 aromatic rings. The van der Waals surface area contributed by atoms with Crippen molar-refractivity contribution in [1.29, 1.82) is 0 Å². The van der Waals surface area contributed by atoms with Crippen LogP contribution in [0.1, 0.15) is 23.1 Å². The summed E-state index contributed by atoms with van der Waals surface area (Å²) in [5.41, 5.74) is 3.53. The van der Waals surface area contributed by atoms with E-state index >= 15 is 0 Å². The normalized spacial score (nSPS) is 12.7. The lowest BCUT2D eigenvalue weighted by atomic mass is 9.77. The van der Waals surface area contributed by atoms with E-state index in [1.165, 1.54) is 0 Å². The van der Waals surface area contributed by atoms with Crippen molar-refractivity contribution in [3.63, 3.8) is 0 Å². The maximum Gasteiger partial charge on any atom is 0.225 e. The molecule has 0 bridgehead atoms. The molecule has 33 heavy (non-hydrogen) atoms. The van der Waals surface area contributed by atoms with Crippen molar-refractivity contribution in [2.45, 2.75) is 18.5 Å². The highest BCUT2D eigenvalue weighted by Gasteiger charge is 2.35. The molecule has 0 unspecified atom stereocenters. The molecule has 0 fully saturated rings. The van der Waals surface area contributed by atoms with Crippen LogP contribution in [0.4, 0.5) is 11.5 Å². The van der Waals surface area contributed by atoms with Gasteiger partial charge in [-0.1, -0.05) is 91.0 Å². The number of hydrogen-bond acceptors (Lipinski definition) is 4. The molecule has 0 spiro atoms. The third-order valence-corrected chi connectivity index (χ3v) is 6.09. The molecular formula is C27H27N5O. The number of amides is 1. The third kappa shape index (κ3) is 4.13. The Bertz CT molecular complexity index is 1110. The van der Waals surface area contributed by atoms with Gasteiger partial charge < -0.3 is 10.6 Å². The van der Waals surface area contributed by atoms with Crippen molar-refractivity contribution in [2.24, 2.45) is 0 Å². The van der Waals surface area contributed by atoms with Crippen LogP contribution in [0.15, 0.2) is 97.2 Å². The monoisotopic (exact) mass is 437 g/mol.